The Bertz CT molecular complexity index is 379. The molecule has 4 atom stereocenters. The lowest BCUT2D eigenvalue weighted by atomic mass is 9.58. The van der Waals surface area contributed by atoms with Crippen molar-refractivity contribution >= 4 is 11.8 Å². The molecule has 4 unspecified atom stereocenters. The first-order valence-corrected chi connectivity index (χ1v) is 7.90. The molecule has 0 amide bonds. The molecule has 1 N–H and O–H groups in total. The number of hydrogen-bond acceptors (Lipinski definition) is 4. The summed E-state index contributed by atoms with van der Waals surface area (Å²) in [6, 6.07) is 0. The highest BCUT2D eigenvalue weighted by atomic mass is 16.5. The van der Waals surface area contributed by atoms with Crippen LogP contribution in [-0.4, -0.2) is 29.6 Å². The fourth-order valence-electron chi connectivity index (χ4n) is 4.02. The number of fused-ring (bicyclic) bond motifs is 1. The molecule has 0 aromatic heterocycles. The Morgan fingerprint density at radius 1 is 1.35 bits per heavy atom. The van der Waals surface area contributed by atoms with Crippen molar-refractivity contribution in [2.75, 3.05) is 6.61 Å². The number of hydrogen-bond donors (Lipinski definition) is 1. The summed E-state index contributed by atoms with van der Waals surface area (Å²) in [6.45, 7) is 4.15. The molecule has 0 radical (unpaired) electrons. The molecule has 0 saturated heterocycles. The molecule has 4 heteroatoms. The van der Waals surface area contributed by atoms with Gasteiger partial charge in [-0.05, 0) is 51.4 Å². The van der Waals surface area contributed by atoms with Crippen LogP contribution in [-0.2, 0) is 14.3 Å². The molecule has 20 heavy (non-hydrogen) atoms. The summed E-state index contributed by atoms with van der Waals surface area (Å²) >= 11 is 0. The summed E-state index contributed by atoms with van der Waals surface area (Å²) in [6.07, 6.45) is 4.62. The van der Waals surface area contributed by atoms with Gasteiger partial charge in [-0.3, -0.25) is 9.59 Å². The Labute approximate surface area is 120 Å². The minimum Gasteiger partial charge on any atom is -0.466 e. The lowest BCUT2D eigenvalue weighted by Gasteiger charge is -2.45. The summed E-state index contributed by atoms with van der Waals surface area (Å²) in [5.41, 5.74) is -0.518. The topological polar surface area (TPSA) is 63.6 Å². The van der Waals surface area contributed by atoms with Crippen LogP contribution < -0.4 is 0 Å². The van der Waals surface area contributed by atoms with Gasteiger partial charge >= 0.3 is 5.97 Å². The smallest absolute Gasteiger partial charge is 0.306 e. The van der Waals surface area contributed by atoms with Gasteiger partial charge in [0.1, 0.15) is 5.78 Å². The zero-order valence-electron chi connectivity index (χ0n) is 12.6. The Balaban J connectivity index is 2.11. The Morgan fingerprint density at radius 2 is 2.10 bits per heavy atom. The third kappa shape index (κ3) is 2.90. The molecule has 0 aromatic carbocycles. The van der Waals surface area contributed by atoms with Crippen LogP contribution in [0.1, 0.15) is 58.8 Å². The molecule has 2 rings (SSSR count). The van der Waals surface area contributed by atoms with Gasteiger partial charge in [-0.15, -0.1) is 0 Å². The summed E-state index contributed by atoms with van der Waals surface area (Å²) < 4.78 is 5.04. The lowest BCUT2D eigenvalue weighted by molar-refractivity contribution is -0.155. The highest BCUT2D eigenvalue weighted by Crippen LogP contribution is 2.49. The first-order valence-electron chi connectivity index (χ1n) is 7.90. The number of carbonyl (C=O) groups excluding carboxylic acids is 2. The highest BCUT2D eigenvalue weighted by Gasteiger charge is 2.49. The van der Waals surface area contributed by atoms with Crippen LogP contribution in [0.15, 0.2) is 0 Å². The van der Waals surface area contributed by atoms with E-state index in [0.717, 1.165) is 25.7 Å². The molecule has 0 spiro atoms. The van der Waals surface area contributed by atoms with Gasteiger partial charge in [0.2, 0.25) is 0 Å². The molecular weight excluding hydrogens is 256 g/mol. The van der Waals surface area contributed by atoms with Gasteiger partial charge in [0.05, 0.1) is 19.1 Å². The van der Waals surface area contributed by atoms with Gasteiger partial charge in [0, 0.05) is 11.3 Å². The monoisotopic (exact) mass is 282 g/mol. The second kappa shape index (κ2) is 6.25. The summed E-state index contributed by atoms with van der Waals surface area (Å²) in [5.74, 6) is 0.350. The van der Waals surface area contributed by atoms with Gasteiger partial charge in [0.15, 0.2) is 0 Å². The van der Waals surface area contributed by atoms with Gasteiger partial charge in [0.25, 0.3) is 0 Å². The van der Waals surface area contributed by atoms with E-state index in [4.69, 9.17) is 4.74 Å². The van der Waals surface area contributed by atoms with E-state index in [1.165, 1.54) is 0 Å². The van der Waals surface area contributed by atoms with Crippen molar-refractivity contribution in [3.63, 3.8) is 0 Å². The number of esters is 1. The van der Waals surface area contributed by atoms with E-state index in [9.17, 15) is 14.7 Å². The fourth-order valence-corrected chi connectivity index (χ4v) is 4.02. The molecular formula is C16H26O4. The molecule has 2 fully saturated rings. The standard InChI is InChI=1S/C16H26O4/c1-3-16(10-14(18)20-4-2)8-7-11-9-12(17)5-6-13(11)15(16)19/h11-13,17H,3-10H2,1-2H3. The molecule has 2 aliphatic carbocycles. The predicted molar refractivity (Wildman–Crippen MR) is 75.1 cm³/mol. The third-order valence-corrected chi connectivity index (χ3v) is 5.27. The number of rotatable bonds is 4. The van der Waals surface area contributed by atoms with E-state index in [1.54, 1.807) is 6.92 Å². The lowest BCUT2D eigenvalue weighted by Crippen LogP contribution is -2.47. The molecule has 114 valence electrons. The SMILES string of the molecule is CCOC(=O)CC1(CC)CCC2CC(O)CCC2C1=O. The molecule has 2 aliphatic rings. The van der Waals surface area contributed by atoms with Crippen LogP contribution in [0.3, 0.4) is 0 Å². The van der Waals surface area contributed by atoms with Crippen LogP contribution in [0.5, 0.6) is 0 Å². The maximum Gasteiger partial charge on any atom is 0.306 e. The van der Waals surface area contributed by atoms with Crippen molar-refractivity contribution in [3.8, 4) is 0 Å². The normalized spacial score (nSPS) is 37.4. The van der Waals surface area contributed by atoms with Crippen LogP contribution >= 0.6 is 0 Å². The quantitative estimate of drug-likeness (QED) is 0.805. The van der Waals surface area contributed by atoms with Gasteiger partial charge in [-0.2, -0.15) is 0 Å². The van der Waals surface area contributed by atoms with Crippen molar-refractivity contribution in [3.05, 3.63) is 0 Å². The predicted octanol–water partition coefficient (Wildman–Crippen LogP) is 2.48. The van der Waals surface area contributed by atoms with E-state index < -0.39 is 5.41 Å². The van der Waals surface area contributed by atoms with Crippen molar-refractivity contribution in [2.24, 2.45) is 17.3 Å². The first-order chi connectivity index (χ1) is 9.52. The third-order valence-electron chi connectivity index (χ3n) is 5.27. The van der Waals surface area contributed by atoms with Gasteiger partial charge < -0.3 is 9.84 Å². The number of ketones is 1. The van der Waals surface area contributed by atoms with Crippen LogP contribution in [0.4, 0.5) is 0 Å². The first kappa shape index (κ1) is 15.5. The van der Waals surface area contributed by atoms with Crippen LogP contribution in [0.2, 0.25) is 0 Å². The van der Waals surface area contributed by atoms with E-state index in [0.29, 0.717) is 25.4 Å². The summed E-state index contributed by atoms with van der Waals surface area (Å²) in [4.78, 5) is 24.7. The highest BCUT2D eigenvalue weighted by molar-refractivity contribution is 5.91. The molecule has 4 nitrogen and oxygen atoms in total. The van der Waals surface area contributed by atoms with E-state index in [-0.39, 0.29) is 30.2 Å². The minimum absolute atomic E-state index is 0.0431. The molecule has 0 aliphatic heterocycles. The largest absolute Gasteiger partial charge is 0.466 e. The van der Waals surface area contributed by atoms with E-state index >= 15 is 0 Å². The van der Waals surface area contributed by atoms with Crippen molar-refractivity contribution < 1.29 is 19.4 Å². The minimum atomic E-state index is -0.518. The Morgan fingerprint density at radius 3 is 2.75 bits per heavy atom. The van der Waals surface area contributed by atoms with Gasteiger partial charge in [-0.1, -0.05) is 6.92 Å². The summed E-state index contributed by atoms with van der Waals surface area (Å²) in [5, 5.41) is 9.75. The number of carbonyl (C=O) groups is 2. The van der Waals surface area contributed by atoms with Crippen molar-refractivity contribution in [1.82, 2.24) is 0 Å². The van der Waals surface area contributed by atoms with Crippen molar-refractivity contribution in [1.29, 1.82) is 0 Å². The van der Waals surface area contributed by atoms with Crippen LogP contribution in [0.25, 0.3) is 0 Å². The molecule has 0 heterocycles. The average molecular weight is 282 g/mol. The Hall–Kier alpha value is -0.900. The second-order valence-corrected chi connectivity index (χ2v) is 6.35. The number of ether oxygens (including phenoxy) is 1. The average Bonchev–Trinajstić information content (AvgIpc) is 2.42. The zero-order chi connectivity index (χ0) is 14.8. The van der Waals surface area contributed by atoms with Crippen molar-refractivity contribution in [2.45, 2.75) is 64.9 Å². The maximum atomic E-state index is 12.9. The second-order valence-electron chi connectivity index (χ2n) is 6.35. The Kier molecular flexibility index (Phi) is 4.84. The van der Waals surface area contributed by atoms with E-state index in [2.05, 4.69) is 0 Å². The van der Waals surface area contributed by atoms with Gasteiger partial charge in [-0.25, -0.2) is 0 Å². The van der Waals surface area contributed by atoms with E-state index in [1.807, 2.05) is 6.92 Å². The fraction of sp³-hybridized carbons (Fsp3) is 0.875. The maximum absolute atomic E-state index is 12.9. The number of Topliss-reactive ketones (excluding diaryl/α,β-unsaturated/α-hetero) is 1. The molecule has 0 bridgehead atoms. The molecule has 0 aromatic rings. The zero-order valence-corrected chi connectivity index (χ0v) is 12.6. The summed E-state index contributed by atoms with van der Waals surface area (Å²) in [7, 11) is 0. The number of aliphatic hydroxyl groups excluding tert-OH is 1. The number of aliphatic hydroxyl groups is 1. The van der Waals surface area contributed by atoms with Crippen LogP contribution in [0, 0.1) is 17.3 Å². The molecule has 2 saturated carbocycles.